The Morgan fingerprint density at radius 2 is 2.00 bits per heavy atom. The monoisotopic (exact) mass is 237 g/mol. The van der Waals surface area contributed by atoms with E-state index in [1.807, 2.05) is 13.8 Å². The van der Waals surface area contributed by atoms with Gasteiger partial charge in [-0.15, -0.1) is 0 Å². The molecule has 3 heteroatoms. The van der Waals surface area contributed by atoms with Gasteiger partial charge in [-0.3, -0.25) is 0 Å². The van der Waals surface area contributed by atoms with Crippen LogP contribution < -0.4 is 0 Å². The molecule has 1 saturated carbocycles. The molecule has 2 rings (SSSR count). The molecular weight excluding hydrogens is 213 g/mol. The summed E-state index contributed by atoms with van der Waals surface area (Å²) in [6.45, 7) is 6.21. The Hall–Kier alpha value is -0.0451. The summed E-state index contributed by atoms with van der Waals surface area (Å²) in [5, 5.41) is 0.0349. The van der Waals surface area contributed by atoms with E-state index >= 15 is 0 Å². The highest BCUT2D eigenvalue weighted by Gasteiger charge is 2.42. The first-order valence-corrected chi connectivity index (χ1v) is 6.98. The van der Waals surface area contributed by atoms with Crippen molar-refractivity contribution in [2.45, 2.75) is 64.2 Å². The second-order valence-electron chi connectivity index (χ2n) is 5.12. The Balaban J connectivity index is 0.000000606. The Morgan fingerprint density at radius 3 is 2.62 bits per heavy atom. The van der Waals surface area contributed by atoms with Crippen LogP contribution in [0.2, 0.25) is 5.31 Å². The van der Waals surface area contributed by atoms with Gasteiger partial charge in [-0.25, -0.2) is 0 Å². The van der Waals surface area contributed by atoms with Crippen molar-refractivity contribution in [3.63, 3.8) is 0 Å². The maximum absolute atomic E-state index is 6.37. The number of rotatable bonds is 0. The van der Waals surface area contributed by atoms with Crippen LogP contribution in [0.1, 0.15) is 52.9 Å². The first-order valence-electron chi connectivity index (χ1n) is 6.57. The molecule has 0 amide bonds. The Morgan fingerprint density at radius 1 is 1.38 bits per heavy atom. The lowest BCUT2D eigenvalue weighted by atomic mass is 9.52. The summed E-state index contributed by atoms with van der Waals surface area (Å²) in [6, 6.07) is 0.611. The van der Waals surface area contributed by atoms with Crippen molar-refractivity contribution in [1.82, 2.24) is 4.90 Å². The van der Waals surface area contributed by atoms with E-state index in [0.717, 1.165) is 11.4 Å². The van der Waals surface area contributed by atoms with Crippen molar-refractivity contribution in [1.29, 1.82) is 0 Å². The highest BCUT2D eigenvalue weighted by atomic mass is 32.1. The normalized spacial score (nSPS) is 38.5. The van der Waals surface area contributed by atoms with Crippen LogP contribution in [0.5, 0.6) is 0 Å². The van der Waals surface area contributed by atoms with Crippen molar-refractivity contribution in [2.24, 2.45) is 5.92 Å². The zero-order chi connectivity index (χ0) is 12.3. The molecule has 3 atom stereocenters. The molecule has 2 radical (unpaired) electrons. The van der Waals surface area contributed by atoms with Gasteiger partial charge >= 0.3 is 0 Å². The van der Waals surface area contributed by atoms with E-state index in [4.69, 9.17) is 20.1 Å². The third-order valence-electron chi connectivity index (χ3n) is 4.09. The van der Waals surface area contributed by atoms with Crippen LogP contribution >= 0.6 is 12.2 Å². The fourth-order valence-corrected chi connectivity index (χ4v) is 3.40. The second kappa shape index (κ2) is 5.53. The number of thiocarbonyl (C=S) groups is 1. The van der Waals surface area contributed by atoms with Gasteiger partial charge in [-0.1, -0.05) is 51.1 Å². The van der Waals surface area contributed by atoms with E-state index in [1.165, 1.54) is 25.7 Å². The summed E-state index contributed by atoms with van der Waals surface area (Å²) in [6.07, 6.45) is 5.95. The van der Waals surface area contributed by atoms with Crippen LogP contribution in [-0.2, 0) is 0 Å². The van der Waals surface area contributed by atoms with Gasteiger partial charge in [0, 0.05) is 13.1 Å². The third kappa shape index (κ3) is 2.61. The first-order chi connectivity index (χ1) is 7.52. The fraction of sp³-hybridized carbons (Fsp3) is 0.923. The number of nitrogens with zero attached hydrogens (tertiary/aromatic N) is 1. The molecule has 0 aromatic rings. The summed E-state index contributed by atoms with van der Waals surface area (Å²) in [4.78, 5) is 3.43. The highest BCUT2D eigenvalue weighted by molar-refractivity contribution is 7.80. The molecule has 3 unspecified atom stereocenters. The topological polar surface area (TPSA) is 3.24 Å². The lowest BCUT2D eigenvalue weighted by Gasteiger charge is -2.51. The molecule has 0 spiro atoms. The molecule has 1 saturated heterocycles. The van der Waals surface area contributed by atoms with E-state index < -0.39 is 0 Å². The molecule has 0 aromatic heterocycles. The quantitative estimate of drug-likeness (QED) is 0.468. The minimum absolute atomic E-state index is 0.0349. The highest BCUT2D eigenvalue weighted by Crippen LogP contribution is 2.49. The van der Waals surface area contributed by atoms with Crippen molar-refractivity contribution in [3.8, 4) is 0 Å². The predicted octanol–water partition coefficient (Wildman–Crippen LogP) is 3.58. The maximum Gasteiger partial charge on any atom is 0.0779 e. The first kappa shape index (κ1) is 14.0. The van der Waals surface area contributed by atoms with Crippen LogP contribution in [-0.4, -0.2) is 30.8 Å². The van der Waals surface area contributed by atoms with E-state index in [9.17, 15) is 0 Å². The fourth-order valence-electron chi connectivity index (χ4n) is 3.14. The van der Waals surface area contributed by atoms with Crippen LogP contribution in [0.15, 0.2) is 0 Å². The molecule has 1 heterocycles. The smallest absolute Gasteiger partial charge is 0.0779 e. The number of piperidine rings is 1. The van der Waals surface area contributed by atoms with Crippen LogP contribution in [0.25, 0.3) is 0 Å². The molecular formula is C13H24BNS. The van der Waals surface area contributed by atoms with Gasteiger partial charge in [0.1, 0.15) is 0 Å². The molecule has 0 bridgehead atoms. The van der Waals surface area contributed by atoms with Crippen LogP contribution in [0.4, 0.5) is 0 Å². The van der Waals surface area contributed by atoms with E-state index in [0.29, 0.717) is 12.0 Å². The number of hydrogen-bond donors (Lipinski definition) is 0. The molecule has 2 aliphatic rings. The Bertz CT molecular complexity index is 252. The maximum atomic E-state index is 6.37. The molecule has 0 N–H and O–H groups in total. The summed E-state index contributed by atoms with van der Waals surface area (Å²) >= 11 is 5.36. The Labute approximate surface area is 107 Å². The van der Waals surface area contributed by atoms with Crippen molar-refractivity contribution < 1.29 is 0 Å². The van der Waals surface area contributed by atoms with Gasteiger partial charge in [-0.05, 0) is 25.2 Å². The lowest BCUT2D eigenvalue weighted by molar-refractivity contribution is 0.124. The standard InChI is InChI=1S/C11H18BNS.C2H6/c1-11(12)7-3-4-9-8(11)5-6-10(14)13(9)2;1-2/h8-9H,3-7H2,1-2H3;1-2H3. The molecule has 16 heavy (non-hydrogen) atoms. The second-order valence-corrected chi connectivity index (χ2v) is 5.59. The Kier molecular flexibility index (Phi) is 4.84. The predicted molar refractivity (Wildman–Crippen MR) is 76.2 cm³/mol. The minimum atomic E-state index is 0.0349. The average molecular weight is 237 g/mol. The molecule has 1 aliphatic heterocycles. The zero-order valence-corrected chi connectivity index (χ0v) is 11.9. The van der Waals surface area contributed by atoms with Gasteiger partial charge in [-0.2, -0.15) is 0 Å². The SMILES string of the molecule is CC.[B]C1(C)CCCC2C1CCC(=S)N2C. The minimum Gasteiger partial charge on any atom is -0.366 e. The van der Waals surface area contributed by atoms with E-state index in [-0.39, 0.29) is 5.31 Å². The largest absolute Gasteiger partial charge is 0.366 e. The van der Waals surface area contributed by atoms with Crippen LogP contribution in [0, 0.1) is 5.92 Å². The number of hydrogen-bond acceptors (Lipinski definition) is 1. The molecule has 0 aromatic carbocycles. The summed E-state index contributed by atoms with van der Waals surface area (Å²) in [7, 11) is 8.51. The zero-order valence-electron chi connectivity index (χ0n) is 11.1. The van der Waals surface area contributed by atoms with Gasteiger partial charge in [0.05, 0.1) is 12.8 Å². The number of fused-ring (bicyclic) bond motifs is 1. The summed E-state index contributed by atoms with van der Waals surface area (Å²) < 4.78 is 0. The van der Waals surface area contributed by atoms with Gasteiger partial charge in [0.25, 0.3) is 0 Å². The third-order valence-corrected chi connectivity index (χ3v) is 4.58. The van der Waals surface area contributed by atoms with Crippen molar-refractivity contribution >= 4 is 25.1 Å². The van der Waals surface area contributed by atoms with Crippen molar-refractivity contribution in [2.75, 3.05) is 7.05 Å². The van der Waals surface area contributed by atoms with Gasteiger partial charge < -0.3 is 4.90 Å². The van der Waals surface area contributed by atoms with Crippen LogP contribution in [0.3, 0.4) is 0 Å². The molecule has 90 valence electrons. The molecule has 1 nitrogen and oxygen atoms in total. The number of likely N-dealkylation sites (tertiary alicyclic amines) is 1. The van der Waals surface area contributed by atoms with E-state index in [2.05, 4.69) is 18.9 Å². The lowest BCUT2D eigenvalue weighted by Crippen LogP contribution is -2.51. The molecule has 2 fully saturated rings. The summed E-state index contributed by atoms with van der Waals surface area (Å²) in [5.74, 6) is 0.646. The molecule has 1 aliphatic carbocycles. The van der Waals surface area contributed by atoms with Crippen molar-refractivity contribution in [3.05, 3.63) is 0 Å². The summed E-state index contributed by atoms with van der Waals surface area (Å²) in [5.41, 5.74) is 0. The van der Waals surface area contributed by atoms with Gasteiger partial charge in [0.15, 0.2) is 0 Å². The van der Waals surface area contributed by atoms with E-state index in [1.54, 1.807) is 0 Å². The average Bonchev–Trinajstić information content (AvgIpc) is 2.26. The van der Waals surface area contributed by atoms with Gasteiger partial charge in [0.2, 0.25) is 0 Å².